The number of ether oxygens (including phenoxy) is 1. The molecule has 0 heterocycles. The molecule has 0 atom stereocenters. The minimum absolute atomic E-state index is 0.0130. The standard InChI is InChI=1S/C17H19NO2/c1-4-20-16-9-11(2)15(8-12(16)3)17(19)13-6-5-7-14(18)10-13/h5-10H,4,18H2,1-3H3. The maximum Gasteiger partial charge on any atom is 0.193 e. The maximum absolute atomic E-state index is 12.5. The van der Waals surface area contributed by atoms with Crippen LogP contribution < -0.4 is 10.5 Å². The second kappa shape index (κ2) is 5.78. The van der Waals surface area contributed by atoms with Gasteiger partial charge in [0.25, 0.3) is 0 Å². The molecule has 20 heavy (non-hydrogen) atoms. The summed E-state index contributed by atoms with van der Waals surface area (Å²) in [5.74, 6) is 0.815. The van der Waals surface area contributed by atoms with Gasteiger partial charge in [-0.1, -0.05) is 12.1 Å². The van der Waals surface area contributed by atoms with Crippen molar-refractivity contribution in [2.24, 2.45) is 0 Å². The molecule has 2 aromatic carbocycles. The van der Waals surface area contributed by atoms with Gasteiger partial charge in [-0.3, -0.25) is 4.79 Å². The number of carbonyl (C=O) groups excluding carboxylic acids is 1. The third-order valence-corrected chi connectivity index (χ3v) is 3.22. The van der Waals surface area contributed by atoms with Crippen LogP contribution in [0.25, 0.3) is 0 Å². The van der Waals surface area contributed by atoms with Crippen molar-refractivity contribution < 1.29 is 9.53 Å². The summed E-state index contributed by atoms with van der Waals surface area (Å²) in [6, 6.07) is 10.8. The molecule has 3 nitrogen and oxygen atoms in total. The Kier molecular flexibility index (Phi) is 4.08. The quantitative estimate of drug-likeness (QED) is 0.682. The lowest BCUT2D eigenvalue weighted by Crippen LogP contribution is -2.06. The fourth-order valence-corrected chi connectivity index (χ4v) is 2.18. The Morgan fingerprint density at radius 2 is 1.90 bits per heavy atom. The first-order chi connectivity index (χ1) is 9.52. The molecular weight excluding hydrogens is 250 g/mol. The van der Waals surface area contributed by atoms with Crippen molar-refractivity contribution >= 4 is 11.5 Å². The van der Waals surface area contributed by atoms with E-state index >= 15 is 0 Å². The second-order valence-corrected chi connectivity index (χ2v) is 4.82. The molecular formula is C17H19NO2. The number of ketones is 1. The molecule has 2 aromatic rings. The Labute approximate surface area is 119 Å². The van der Waals surface area contributed by atoms with Gasteiger partial charge in [0.05, 0.1) is 6.61 Å². The highest BCUT2D eigenvalue weighted by atomic mass is 16.5. The van der Waals surface area contributed by atoms with Crippen LogP contribution in [0, 0.1) is 13.8 Å². The van der Waals surface area contributed by atoms with Gasteiger partial charge in [0.1, 0.15) is 5.75 Å². The van der Waals surface area contributed by atoms with Crippen LogP contribution >= 0.6 is 0 Å². The highest BCUT2D eigenvalue weighted by Crippen LogP contribution is 2.25. The molecule has 104 valence electrons. The molecule has 0 saturated heterocycles. The third-order valence-electron chi connectivity index (χ3n) is 3.22. The van der Waals surface area contributed by atoms with E-state index in [1.165, 1.54) is 0 Å². The van der Waals surface area contributed by atoms with E-state index in [2.05, 4.69) is 0 Å². The van der Waals surface area contributed by atoms with Gasteiger partial charge in [0.15, 0.2) is 5.78 Å². The van der Waals surface area contributed by atoms with E-state index in [9.17, 15) is 4.79 Å². The molecule has 0 saturated carbocycles. The van der Waals surface area contributed by atoms with Crippen LogP contribution in [-0.2, 0) is 0 Å². The van der Waals surface area contributed by atoms with Crippen LogP contribution in [0.1, 0.15) is 34.0 Å². The molecule has 2 N–H and O–H groups in total. The van der Waals surface area contributed by atoms with Gasteiger partial charge in [0, 0.05) is 16.8 Å². The van der Waals surface area contributed by atoms with Crippen molar-refractivity contribution in [1.29, 1.82) is 0 Å². The molecule has 0 aliphatic heterocycles. The van der Waals surface area contributed by atoms with E-state index in [-0.39, 0.29) is 5.78 Å². The lowest BCUT2D eigenvalue weighted by atomic mass is 9.96. The van der Waals surface area contributed by atoms with Gasteiger partial charge in [-0.25, -0.2) is 0 Å². The van der Waals surface area contributed by atoms with Crippen LogP contribution in [-0.4, -0.2) is 12.4 Å². The molecule has 0 fully saturated rings. The van der Waals surface area contributed by atoms with Crippen molar-refractivity contribution in [2.75, 3.05) is 12.3 Å². The molecule has 0 aliphatic carbocycles. The van der Waals surface area contributed by atoms with Crippen LogP contribution in [0.15, 0.2) is 36.4 Å². The average molecular weight is 269 g/mol. The molecule has 0 bridgehead atoms. The first kappa shape index (κ1) is 14.1. The molecule has 2 rings (SSSR count). The highest BCUT2D eigenvalue weighted by molar-refractivity contribution is 6.10. The Morgan fingerprint density at radius 1 is 1.15 bits per heavy atom. The van der Waals surface area contributed by atoms with Gasteiger partial charge >= 0.3 is 0 Å². The molecule has 0 radical (unpaired) electrons. The van der Waals surface area contributed by atoms with Gasteiger partial charge in [0.2, 0.25) is 0 Å². The number of carbonyl (C=O) groups is 1. The Bertz CT molecular complexity index is 647. The number of nitrogen functional groups attached to an aromatic ring is 1. The zero-order valence-electron chi connectivity index (χ0n) is 12.1. The average Bonchev–Trinajstić information content (AvgIpc) is 2.42. The predicted octanol–water partition coefficient (Wildman–Crippen LogP) is 3.52. The summed E-state index contributed by atoms with van der Waals surface area (Å²) in [6.45, 7) is 6.42. The summed E-state index contributed by atoms with van der Waals surface area (Å²) in [5, 5.41) is 0. The number of hydrogen-bond donors (Lipinski definition) is 1. The summed E-state index contributed by atoms with van der Waals surface area (Å²) in [6.07, 6.45) is 0. The number of nitrogens with two attached hydrogens (primary N) is 1. The van der Waals surface area contributed by atoms with Crippen molar-refractivity contribution in [1.82, 2.24) is 0 Å². The minimum Gasteiger partial charge on any atom is -0.494 e. The number of aryl methyl sites for hydroxylation is 2. The summed E-state index contributed by atoms with van der Waals surface area (Å²) >= 11 is 0. The largest absolute Gasteiger partial charge is 0.494 e. The number of anilines is 1. The van der Waals surface area contributed by atoms with E-state index in [1.54, 1.807) is 24.3 Å². The van der Waals surface area contributed by atoms with Crippen LogP contribution in [0.5, 0.6) is 5.75 Å². The van der Waals surface area contributed by atoms with Gasteiger partial charge in [-0.15, -0.1) is 0 Å². The Morgan fingerprint density at radius 3 is 2.55 bits per heavy atom. The zero-order chi connectivity index (χ0) is 14.7. The van der Waals surface area contributed by atoms with Crippen molar-refractivity contribution in [2.45, 2.75) is 20.8 Å². The van der Waals surface area contributed by atoms with E-state index in [4.69, 9.17) is 10.5 Å². The molecule has 3 heteroatoms. The summed E-state index contributed by atoms with van der Waals surface area (Å²) in [4.78, 5) is 12.5. The van der Waals surface area contributed by atoms with E-state index in [1.807, 2.05) is 32.9 Å². The summed E-state index contributed by atoms with van der Waals surface area (Å²) < 4.78 is 5.55. The molecule has 0 amide bonds. The van der Waals surface area contributed by atoms with Crippen LogP contribution in [0.4, 0.5) is 5.69 Å². The lowest BCUT2D eigenvalue weighted by molar-refractivity contribution is 0.103. The molecule has 0 unspecified atom stereocenters. The topological polar surface area (TPSA) is 52.3 Å². The SMILES string of the molecule is CCOc1cc(C)c(C(=O)c2cccc(N)c2)cc1C. The third kappa shape index (κ3) is 2.82. The lowest BCUT2D eigenvalue weighted by Gasteiger charge is -2.12. The number of hydrogen-bond acceptors (Lipinski definition) is 3. The second-order valence-electron chi connectivity index (χ2n) is 4.82. The van der Waals surface area contributed by atoms with E-state index in [0.29, 0.717) is 23.4 Å². The highest BCUT2D eigenvalue weighted by Gasteiger charge is 2.14. The number of benzene rings is 2. The predicted molar refractivity (Wildman–Crippen MR) is 81.4 cm³/mol. The normalized spacial score (nSPS) is 10.3. The maximum atomic E-state index is 12.5. The molecule has 0 spiro atoms. The van der Waals surface area contributed by atoms with Crippen LogP contribution in [0.3, 0.4) is 0 Å². The summed E-state index contributed by atoms with van der Waals surface area (Å²) in [5.41, 5.74) is 9.50. The van der Waals surface area contributed by atoms with Crippen molar-refractivity contribution in [3.63, 3.8) is 0 Å². The van der Waals surface area contributed by atoms with Crippen LogP contribution in [0.2, 0.25) is 0 Å². The van der Waals surface area contributed by atoms with Gasteiger partial charge in [-0.2, -0.15) is 0 Å². The number of rotatable bonds is 4. The molecule has 0 aromatic heterocycles. The summed E-state index contributed by atoms with van der Waals surface area (Å²) in [7, 11) is 0. The smallest absolute Gasteiger partial charge is 0.193 e. The van der Waals surface area contributed by atoms with E-state index < -0.39 is 0 Å². The van der Waals surface area contributed by atoms with Gasteiger partial charge < -0.3 is 10.5 Å². The zero-order valence-corrected chi connectivity index (χ0v) is 12.1. The van der Waals surface area contributed by atoms with Crippen molar-refractivity contribution in [3.05, 3.63) is 58.7 Å². The van der Waals surface area contributed by atoms with Crippen molar-refractivity contribution in [3.8, 4) is 5.75 Å². The first-order valence-corrected chi connectivity index (χ1v) is 6.67. The fourth-order valence-electron chi connectivity index (χ4n) is 2.18. The monoisotopic (exact) mass is 269 g/mol. The van der Waals surface area contributed by atoms with Gasteiger partial charge in [-0.05, 0) is 56.2 Å². The molecule has 0 aliphatic rings. The van der Waals surface area contributed by atoms with E-state index in [0.717, 1.165) is 16.9 Å². The first-order valence-electron chi connectivity index (χ1n) is 6.67. The minimum atomic E-state index is -0.0130. The Hall–Kier alpha value is -2.29. The Balaban J connectivity index is 2.43. The fraction of sp³-hybridized carbons (Fsp3) is 0.235.